The van der Waals surface area contributed by atoms with Crippen molar-refractivity contribution in [3.63, 3.8) is 0 Å². The Bertz CT molecular complexity index is 1320. The van der Waals surface area contributed by atoms with Crippen molar-refractivity contribution >= 4 is 23.4 Å². The Kier molecular flexibility index (Phi) is 6.53. The monoisotopic (exact) mass is 469 g/mol. The van der Waals surface area contributed by atoms with Crippen molar-refractivity contribution in [1.82, 2.24) is 15.0 Å². The number of hydrogen-bond donors (Lipinski definition) is 1. The second-order valence-corrected chi connectivity index (χ2v) is 8.20. The van der Waals surface area contributed by atoms with E-state index in [1.54, 1.807) is 26.4 Å². The lowest BCUT2D eigenvalue weighted by Crippen LogP contribution is -2.08. The highest BCUT2D eigenvalue weighted by molar-refractivity contribution is 7.98. The molecule has 7 nitrogen and oxygen atoms in total. The van der Waals surface area contributed by atoms with Crippen molar-refractivity contribution in [1.29, 1.82) is 0 Å². The standard InChI is InChI=1S/C23H20ClN3O4S/c1-13-18(25-22(31-13)16-8-5-9-19(29-2)21(16)30-3)12-32-23-26-17(11-20(28)27-23)14-6-4-7-15(24)10-14/h4-11H,12H2,1-3H3,(H,26,27,28). The van der Waals surface area contributed by atoms with Crippen molar-refractivity contribution in [3.8, 4) is 34.2 Å². The van der Waals surface area contributed by atoms with Gasteiger partial charge in [-0.3, -0.25) is 4.79 Å². The van der Waals surface area contributed by atoms with E-state index in [9.17, 15) is 4.79 Å². The number of aryl methyl sites for hydroxylation is 1. The van der Waals surface area contributed by atoms with Crippen LogP contribution in [0, 0.1) is 6.92 Å². The molecular weight excluding hydrogens is 450 g/mol. The summed E-state index contributed by atoms with van der Waals surface area (Å²) in [6.45, 7) is 1.84. The molecule has 0 aliphatic heterocycles. The van der Waals surface area contributed by atoms with Gasteiger partial charge >= 0.3 is 0 Å². The van der Waals surface area contributed by atoms with Gasteiger partial charge in [0.05, 0.1) is 31.2 Å². The SMILES string of the molecule is COc1cccc(-c2nc(CSc3nc(-c4cccc(Cl)c4)cc(=O)[nH]3)c(C)o2)c1OC. The number of H-pyrrole nitrogens is 1. The van der Waals surface area contributed by atoms with E-state index in [2.05, 4.69) is 15.0 Å². The highest BCUT2D eigenvalue weighted by Gasteiger charge is 2.18. The molecule has 164 valence electrons. The summed E-state index contributed by atoms with van der Waals surface area (Å²) in [7, 11) is 3.15. The van der Waals surface area contributed by atoms with Crippen LogP contribution in [0.1, 0.15) is 11.5 Å². The Labute approximate surface area is 193 Å². The minimum Gasteiger partial charge on any atom is -0.493 e. The number of aromatic amines is 1. The zero-order valence-corrected chi connectivity index (χ0v) is 19.2. The summed E-state index contributed by atoms with van der Waals surface area (Å²) in [6.07, 6.45) is 0. The first kappa shape index (κ1) is 22.0. The van der Waals surface area contributed by atoms with Crippen molar-refractivity contribution in [2.45, 2.75) is 17.8 Å². The molecule has 0 atom stereocenters. The van der Waals surface area contributed by atoms with Crippen LogP contribution >= 0.6 is 23.4 Å². The van der Waals surface area contributed by atoms with Crippen LogP contribution in [0.25, 0.3) is 22.7 Å². The summed E-state index contributed by atoms with van der Waals surface area (Å²) in [5.74, 6) is 2.71. The molecule has 9 heteroatoms. The van der Waals surface area contributed by atoms with E-state index in [0.717, 1.165) is 11.3 Å². The number of halogens is 1. The number of nitrogens with zero attached hydrogens (tertiary/aromatic N) is 2. The maximum Gasteiger partial charge on any atom is 0.252 e. The molecule has 0 aliphatic carbocycles. The molecule has 0 saturated carbocycles. The second kappa shape index (κ2) is 9.50. The average Bonchev–Trinajstić information content (AvgIpc) is 3.17. The van der Waals surface area contributed by atoms with Gasteiger partial charge in [0.25, 0.3) is 5.56 Å². The maximum atomic E-state index is 12.2. The molecule has 2 aromatic carbocycles. The average molecular weight is 470 g/mol. The molecule has 0 aliphatic rings. The van der Waals surface area contributed by atoms with Crippen LogP contribution in [-0.2, 0) is 5.75 Å². The summed E-state index contributed by atoms with van der Waals surface area (Å²) < 4.78 is 16.7. The van der Waals surface area contributed by atoms with E-state index < -0.39 is 0 Å². The van der Waals surface area contributed by atoms with E-state index in [4.69, 9.17) is 25.5 Å². The number of para-hydroxylation sites is 1. The fourth-order valence-electron chi connectivity index (χ4n) is 3.17. The molecule has 1 N–H and O–H groups in total. The van der Waals surface area contributed by atoms with E-state index in [1.165, 1.54) is 17.8 Å². The predicted octanol–water partition coefficient (Wildman–Crippen LogP) is 5.36. The van der Waals surface area contributed by atoms with Gasteiger partial charge in [-0.2, -0.15) is 0 Å². The van der Waals surface area contributed by atoms with Crippen LogP contribution in [0.4, 0.5) is 0 Å². The van der Waals surface area contributed by atoms with Crippen LogP contribution in [0.3, 0.4) is 0 Å². The number of oxazole rings is 1. The molecule has 32 heavy (non-hydrogen) atoms. The largest absolute Gasteiger partial charge is 0.493 e. The number of benzene rings is 2. The van der Waals surface area contributed by atoms with Gasteiger partial charge < -0.3 is 18.9 Å². The highest BCUT2D eigenvalue weighted by Crippen LogP contribution is 2.38. The summed E-state index contributed by atoms with van der Waals surface area (Å²) in [6, 6.07) is 14.2. The molecular formula is C23H20ClN3O4S. The fourth-order valence-corrected chi connectivity index (χ4v) is 4.24. The van der Waals surface area contributed by atoms with E-state index in [-0.39, 0.29) is 5.56 Å². The lowest BCUT2D eigenvalue weighted by molar-refractivity contribution is 0.355. The Morgan fingerprint density at radius 3 is 2.66 bits per heavy atom. The highest BCUT2D eigenvalue weighted by atomic mass is 35.5. The number of hydrogen-bond acceptors (Lipinski definition) is 7. The number of thioether (sulfide) groups is 1. The lowest BCUT2D eigenvalue weighted by Gasteiger charge is -2.09. The molecule has 2 aromatic heterocycles. The minimum absolute atomic E-state index is 0.240. The van der Waals surface area contributed by atoms with Crippen LogP contribution in [-0.4, -0.2) is 29.2 Å². The number of methoxy groups -OCH3 is 2. The Balaban J connectivity index is 1.59. The van der Waals surface area contributed by atoms with Gasteiger partial charge in [0, 0.05) is 22.4 Å². The summed E-state index contributed by atoms with van der Waals surface area (Å²) in [4.78, 5) is 24.1. The van der Waals surface area contributed by atoms with Crippen molar-refractivity contribution in [2.75, 3.05) is 14.2 Å². The fraction of sp³-hybridized carbons (Fsp3) is 0.174. The molecule has 4 aromatic rings. The molecule has 0 spiro atoms. The third-order valence-electron chi connectivity index (χ3n) is 4.71. The number of rotatable bonds is 7. The van der Waals surface area contributed by atoms with Crippen molar-refractivity contribution in [3.05, 3.63) is 75.4 Å². The summed E-state index contributed by atoms with van der Waals surface area (Å²) >= 11 is 7.43. The predicted molar refractivity (Wildman–Crippen MR) is 125 cm³/mol. The normalized spacial score (nSPS) is 10.9. The zero-order chi connectivity index (χ0) is 22.7. The summed E-state index contributed by atoms with van der Waals surface area (Å²) in [5, 5.41) is 1.06. The molecule has 0 radical (unpaired) electrons. The van der Waals surface area contributed by atoms with Gasteiger partial charge in [-0.1, -0.05) is 41.6 Å². The second-order valence-electron chi connectivity index (χ2n) is 6.80. The quantitative estimate of drug-likeness (QED) is 0.287. The smallest absolute Gasteiger partial charge is 0.252 e. The number of aromatic nitrogens is 3. The van der Waals surface area contributed by atoms with Gasteiger partial charge in [-0.25, -0.2) is 9.97 Å². The van der Waals surface area contributed by atoms with Gasteiger partial charge in [0.15, 0.2) is 16.7 Å². The Morgan fingerprint density at radius 1 is 1.09 bits per heavy atom. The lowest BCUT2D eigenvalue weighted by atomic mass is 10.1. The van der Waals surface area contributed by atoms with Crippen LogP contribution < -0.4 is 15.0 Å². The molecule has 0 unspecified atom stereocenters. The van der Waals surface area contributed by atoms with Gasteiger partial charge in [-0.15, -0.1) is 0 Å². The first-order valence-electron chi connectivity index (χ1n) is 9.66. The Morgan fingerprint density at radius 2 is 1.91 bits per heavy atom. The molecule has 4 rings (SSSR count). The molecule has 0 amide bonds. The molecule has 0 saturated heterocycles. The molecule has 2 heterocycles. The molecule has 0 bridgehead atoms. The van der Waals surface area contributed by atoms with Gasteiger partial charge in [0.1, 0.15) is 5.76 Å². The minimum atomic E-state index is -0.240. The maximum absolute atomic E-state index is 12.2. The first-order valence-corrected chi connectivity index (χ1v) is 11.0. The third kappa shape index (κ3) is 4.66. The Hall–Kier alpha value is -3.23. The molecule has 0 fully saturated rings. The van der Waals surface area contributed by atoms with E-state index >= 15 is 0 Å². The van der Waals surface area contributed by atoms with Crippen LogP contribution in [0.5, 0.6) is 11.5 Å². The topological polar surface area (TPSA) is 90.2 Å². The van der Waals surface area contributed by atoms with E-state index in [1.807, 2.05) is 37.3 Å². The summed E-state index contributed by atoms with van der Waals surface area (Å²) in [5.41, 5.74) is 2.52. The van der Waals surface area contributed by atoms with Crippen LogP contribution in [0.2, 0.25) is 5.02 Å². The van der Waals surface area contributed by atoms with E-state index in [0.29, 0.717) is 50.3 Å². The first-order chi connectivity index (χ1) is 15.5. The van der Waals surface area contributed by atoms with Crippen molar-refractivity contribution < 1.29 is 13.9 Å². The van der Waals surface area contributed by atoms with Gasteiger partial charge in [-0.05, 0) is 31.2 Å². The van der Waals surface area contributed by atoms with Crippen molar-refractivity contribution in [2.24, 2.45) is 0 Å². The van der Waals surface area contributed by atoms with Crippen LogP contribution in [0.15, 0.2) is 62.9 Å². The number of nitrogens with one attached hydrogen (secondary N) is 1. The zero-order valence-electron chi connectivity index (χ0n) is 17.6. The third-order valence-corrected chi connectivity index (χ3v) is 5.83. The number of ether oxygens (including phenoxy) is 2. The van der Waals surface area contributed by atoms with Gasteiger partial charge in [0.2, 0.25) is 5.89 Å².